The first kappa shape index (κ1) is 87.1. The zero-order valence-electron chi connectivity index (χ0n) is 57.6. The molecule has 0 aliphatic carbocycles. The summed E-state index contributed by atoms with van der Waals surface area (Å²) in [6.45, 7) is 7.25. The van der Waals surface area contributed by atoms with Crippen molar-refractivity contribution in [2.75, 3.05) is 39.6 Å². The average molecular weight is 1310 g/mol. The highest BCUT2D eigenvalue weighted by molar-refractivity contribution is 7.47. The van der Waals surface area contributed by atoms with E-state index in [2.05, 4.69) is 34.6 Å². The molecule has 0 aliphatic rings. The van der Waals surface area contributed by atoms with Gasteiger partial charge in [0.15, 0.2) is 12.2 Å². The molecule has 0 aromatic rings. The van der Waals surface area contributed by atoms with Crippen LogP contribution in [0.3, 0.4) is 0 Å². The van der Waals surface area contributed by atoms with Gasteiger partial charge in [0.1, 0.15) is 19.3 Å². The second-order valence-electron chi connectivity index (χ2n) is 25.5. The van der Waals surface area contributed by atoms with Gasteiger partial charge >= 0.3 is 39.5 Å². The third-order valence-corrected chi connectivity index (χ3v) is 18.5. The number of phosphoric acid groups is 2. The molecule has 528 valence electrons. The van der Waals surface area contributed by atoms with Gasteiger partial charge in [-0.2, -0.15) is 0 Å². The number of esters is 4. The maximum absolute atomic E-state index is 13.0. The van der Waals surface area contributed by atoms with E-state index in [0.717, 1.165) is 109 Å². The Balaban J connectivity index is 5.19. The van der Waals surface area contributed by atoms with E-state index in [0.29, 0.717) is 25.7 Å². The SMILES string of the molecule is CCCCCCCCCCCCCCCCC(=O)OC[C@H](COP(=O)(O)OC[C@@H](O)COP(=O)(O)OC[C@@H](COC(=O)CCCCCCCCC)OC(=O)CCCCCCCCCCCC)OC(=O)CCCCCCCCCCCCCCCCC(C)CC. The van der Waals surface area contributed by atoms with Gasteiger partial charge in [-0.25, -0.2) is 9.13 Å². The molecule has 3 N–H and O–H groups in total. The summed E-state index contributed by atoms with van der Waals surface area (Å²) in [7, 11) is -9.89. The first-order valence-corrected chi connectivity index (χ1v) is 39.7. The molecule has 0 aromatic carbocycles. The molecular weight excluding hydrogens is 1170 g/mol. The molecular formula is C70H136O17P2. The number of hydrogen-bond acceptors (Lipinski definition) is 15. The number of carbonyl (C=O) groups excluding carboxylic acids is 4. The number of phosphoric ester groups is 2. The lowest BCUT2D eigenvalue weighted by Crippen LogP contribution is -2.30. The molecule has 0 heterocycles. The van der Waals surface area contributed by atoms with Crippen molar-refractivity contribution in [3.63, 3.8) is 0 Å². The van der Waals surface area contributed by atoms with Crippen molar-refractivity contribution < 1.29 is 80.2 Å². The number of hydrogen-bond donors (Lipinski definition) is 3. The van der Waals surface area contributed by atoms with Crippen molar-refractivity contribution in [2.24, 2.45) is 5.92 Å². The number of rotatable bonds is 70. The van der Waals surface area contributed by atoms with Crippen molar-refractivity contribution in [1.29, 1.82) is 0 Å². The third-order valence-electron chi connectivity index (χ3n) is 16.6. The molecule has 0 bridgehead atoms. The maximum Gasteiger partial charge on any atom is 0.472 e. The van der Waals surface area contributed by atoms with Crippen molar-refractivity contribution in [1.82, 2.24) is 0 Å². The summed E-state index contributed by atoms with van der Waals surface area (Å²) in [6, 6.07) is 0. The molecule has 0 saturated carbocycles. The van der Waals surface area contributed by atoms with E-state index in [9.17, 15) is 43.2 Å². The van der Waals surface area contributed by atoms with Crippen LogP contribution in [-0.4, -0.2) is 96.7 Å². The van der Waals surface area contributed by atoms with Gasteiger partial charge in [-0.3, -0.25) is 37.3 Å². The predicted molar refractivity (Wildman–Crippen MR) is 358 cm³/mol. The van der Waals surface area contributed by atoms with Crippen molar-refractivity contribution in [3.8, 4) is 0 Å². The monoisotopic (exact) mass is 1310 g/mol. The lowest BCUT2D eigenvalue weighted by molar-refractivity contribution is -0.161. The fraction of sp³-hybridized carbons (Fsp3) is 0.943. The van der Waals surface area contributed by atoms with Crippen LogP contribution in [0.5, 0.6) is 0 Å². The average Bonchev–Trinajstić information content (AvgIpc) is 3.67. The molecule has 0 amide bonds. The summed E-state index contributed by atoms with van der Waals surface area (Å²) in [4.78, 5) is 72.4. The molecule has 6 atom stereocenters. The van der Waals surface area contributed by atoms with Crippen LogP contribution in [0.15, 0.2) is 0 Å². The lowest BCUT2D eigenvalue weighted by Gasteiger charge is -2.21. The minimum absolute atomic E-state index is 0.106. The van der Waals surface area contributed by atoms with Crippen molar-refractivity contribution in [3.05, 3.63) is 0 Å². The molecule has 0 aliphatic heterocycles. The maximum atomic E-state index is 13.0. The van der Waals surface area contributed by atoms with Gasteiger partial charge in [0.25, 0.3) is 0 Å². The predicted octanol–water partition coefficient (Wildman–Crippen LogP) is 20.1. The largest absolute Gasteiger partial charge is 0.472 e. The Morgan fingerprint density at radius 3 is 0.798 bits per heavy atom. The normalized spacial score (nSPS) is 14.4. The van der Waals surface area contributed by atoms with Crippen LogP contribution in [0, 0.1) is 5.92 Å². The Bertz CT molecular complexity index is 1720. The van der Waals surface area contributed by atoms with Gasteiger partial charge in [0.05, 0.1) is 26.4 Å². The highest BCUT2D eigenvalue weighted by Crippen LogP contribution is 2.45. The Hall–Kier alpha value is -1.94. The minimum atomic E-state index is -4.95. The van der Waals surface area contributed by atoms with Gasteiger partial charge in [-0.15, -0.1) is 0 Å². The molecule has 0 saturated heterocycles. The number of aliphatic hydroxyl groups excluding tert-OH is 1. The van der Waals surface area contributed by atoms with Crippen molar-refractivity contribution >= 4 is 39.5 Å². The van der Waals surface area contributed by atoms with Gasteiger partial charge in [-0.1, -0.05) is 311 Å². The number of unbranched alkanes of at least 4 members (excludes halogenated alkanes) is 41. The fourth-order valence-electron chi connectivity index (χ4n) is 10.6. The molecule has 0 fully saturated rings. The number of ether oxygens (including phenoxy) is 4. The van der Waals surface area contributed by atoms with Crippen LogP contribution in [0.2, 0.25) is 0 Å². The second kappa shape index (κ2) is 63.5. The lowest BCUT2D eigenvalue weighted by atomic mass is 9.99. The molecule has 89 heavy (non-hydrogen) atoms. The first-order valence-electron chi connectivity index (χ1n) is 36.7. The van der Waals surface area contributed by atoms with E-state index in [1.54, 1.807) is 0 Å². The van der Waals surface area contributed by atoms with Crippen molar-refractivity contribution in [2.45, 2.75) is 380 Å². The van der Waals surface area contributed by atoms with Crippen LogP contribution in [-0.2, 0) is 65.4 Å². The van der Waals surface area contributed by atoms with Crippen LogP contribution in [0.4, 0.5) is 0 Å². The van der Waals surface area contributed by atoms with Crippen LogP contribution in [0.1, 0.15) is 362 Å². The summed E-state index contributed by atoms with van der Waals surface area (Å²) in [5.74, 6) is -1.28. The Kier molecular flexibility index (Phi) is 62.1. The second-order valence-corrected chi connectivity index (χ2v) is 28.4. The minimum Gasteiger partial charge on any atom is -0.462 e. The topological polar surface area (TPSA) is 237 Å². The summed E-state index contributed by atoms with van der Waals surface area (Å²) < 4.78 is 68.2. The van der Waals surface area contributed by atoms with E-state index in [1.807, 2.05) is 0 Å². The van der Waals surface area contributed by atoms with E-state index >= 15 is 0 Å². The zero-order valence-corrected chi connectivity index (χ0v) is 59.4. The molecule has 0 radical (unpaired) electrons. The van der Waals surface area contributed by atoms with E-state index in [1.165, 1.54) is 173 Å². The molecule has 0 rings (SSSR count). The first-order chi connectivity index (χ1) is 43.1. The summed E-state index contributed by atoms with van der Waals surface area (Å²) in [6.07, 6.45) is 49.9. The quantitative estimate of drug-likeness (QED) is 0.0222. The van der Waals surface area contributed by atoms with E-state index < -0.39 is 97.5 Å². The smallest absolute Gasteiger partial charge is 0.462 e. The van der Waals surface area contributed by atoms with Crippen LogP contribution in [0.25, 0.3) is 0 Å². The van der Waals surface area contributed by atoms with E-state index in [-0.39, 0.29) is 25.7 Å². The zero-order chi connectivity index (χ0) is 65.6. The van der Waals surface area contributed by atoms with Gasteiger partial charge in [0, 0.05) is 25.7 Å². The molecule has 17 nitrogen and oxygen atoms in total. The fourth-order valence-corrected chi connectivity index (χ4v) is 12.2. The molecule has 3 unspecified atom stereocenters. The highest BCUT2D eigenvalue weighted by atomic mass is 31.2. The molecule has 19 heteroatoms. The number of aliphatic hydroxyl groups is 1. The Labute approximate surface area is 543 Å². The Morgan fingerprint density at radius 1 is 0.315 bits per heavy atom. The van der Waals surface area contributed by atoms with Crippen LogP contribution < -0.4 is 0 Å². The standard InChI is InChI=1S/C70H136O17P2/c1-6-10-13-16-19-21-23-24-28-31-35-39-44-49-54-68(73)81-60-66(87-70(75)56-51-46-41-36-32-29-26-25-27-30-33-38-42-47-52-63(5)9-4)62-85-89(78,79)83-58-64(71)57-82-88(76,77)84-61-65(59-80-67(72)53-48-43-37-18-15-12-8-3)86-69(74)55-50-45-40-34-22-20-17-14-11-7-2/h63-66,71H,6-62H2,1-5H3,(H,76,77)(H,78,79)/t63?,64-,65+,66+/m0/s1. The van der Waals surface area contributed by atoms with Gasteiger partial charge in [-0.05, 0) is 31.6 Å². The summed E-state index contributed by atoms with van der Waals surface area (Å²) in [5.41, 5.74) is 0. The van der Waals surface area contributed by atoms with Gasteiger partial charge in [0.2, 0.25) is 0 Å². The molecule has 0 spiro atoms. The Morgan fingerprint density at radius 2 is 0.539 bits per heavy atom. The summed E-state index contributed by atoms with van der Waals surface area (Å²) >= 11 is 0. The highest BCUT2D eigenvalue weighted by Gasteiger charge is 2.30. The summed E-state index contributed by atoms with van der Waals surface area (Å²) in [5, 5.41) is 10.6. The molecule has 0 aromatic heterocycles. The van der Waals surface area contributed by atoms with Gasteiger partial charge < -0.3 is 33.8 Å². The van der Waals surface area contributed by atoms with E-state index in [4.69, 9.17) is 37.0 Å². The van der Waals surface area contributed by atoms with Crippen LogP contribution >= 0.6 is 15.6 Å². The third kappa shape index (κ3) is 63.2. The number of carbonyl (C=O) groups is 4.